The maximum atomic E-state index is 13.2. The lowest BCUT2D eigenvalue weighted by molar-refractivity contribution is 0.225. The predicted octanol–water partition coefficient (Wildman–Crippen LogP) is 3.67. The number of thiol groups is 2. The van der Waals surface area contributed by atoms with Gasteiger partial charge in [-0.25, -0.2) is 19.8 Å². The largest absolute Gasteiger partial charge is 0.329 e. The Morgan fingerprint density at radius 2 is 1.77 bits per heavy atom. The highest BCUT2D eigenvalue weighted by molar-refractivity contribution is 7.80. The Hall–Kier alpha value is -3.04. The minimum Gasteiger partial charge on any atom is -0.329 e. The van der Waals surface area contributed by atoms with Crippen LogP contribution in [0, 0.1) is 0 Å². The average Bonchev–Trinajstić information content (AvgIpc) is 3.30. The smallest absolute Gasteiger partial charge is 0.324 e. The third-order valence-corrected chi connectivity index (χ3v) is 5.98. The molecule has 0 bridgehead atoms. The molecule has 5 rings (SSSR count). The summed E-state index contributed by atoms with van der Waals surface area (Å²) in [6.07, 6.45) is 3.04. The third kappa shape index (κ3) is 2.93. The van der Waals surface area contributed by atoms with E-state index in [1.165, 1.54) is 6.34 Å². The van der Waals surface area contributed by atoms with E-state index in [4.69, 9.17) is 0 Å². The number of carbonyl (C=O) groups excluding carboxylic acids is 1. The van der Waals surface area contributed by atoms with Crippen molar-refractivity contribution in [1.82, 2.24) is 20.2 Å². The molecule has 0 aliphatic carbocycles. The van der Waals surface area contributed by atoms with Gasteiger partial charge >= 0.3 is 6.03 Å². The molecule has 0 spiro atoms. The van der Waals surface area contributed by atoms with Crippen LogP contribution in [0.3, 0.4) is 0 Å². The van der Waals surface area contributed by atoms with Crippen molar-refractivity contribution in [3.8, 4) is 0 Å². The van der Waals surface area contributed by atoms with Gasteiger partial charge < -0.3 is 10.3 Å². The maximum Gasteiger partial charge on any atom is 0.324 e. The summed E-state index contributed by atoms with van der Waals surface area (Å²) in [7, 11) is 0. The fourth-order valence-electron chi connectivity index (χ4n) is 3.84. The molecule has 150 valence electrons. The molecule has 2 aliphatic rings. The van der Waals surface area contributed by atoms with Gasteiger partial charge in [-0.3, -0.25) is 4.90 Å². The van der Waals surface area contributed by atoms with E-state index in [1.807, 2.05) is 48.5 Å². The van der Waals surface area contributed by atoms with Gasteiger partial charge in [-0.1, -0.05) is 36.4 Å². The number of rotatable bonds is 4. The molecule has 30 heavy (non-hydrogen) atoms. The molecule has 2 aromatic carbocycles. The molecular weight excluding hydrogens is 416 g/mol. The SMILES string of the molecule is O=C1NC2(c3ccc(CS)cc3)C(=NC=Nc3[nH]cnc32)N1Cc1ccc(S)cc1. The first kappa shape index (κ1) is 19.0. The second-order valence-corrected chi connectivity index (χ2v) is 7.92. The molecule has 2 N–H and O–H groups in total. The summed E-state index contributed by atoms with van der Waals surface area (Å²) >= 11 is 8.68. The van der Waals surface area contributed by atoms with E-state index >= 15 is 0 Å². The number of aromatic amines is 1. The number of amides is 2. The quantitative estimate of drug-likeness (QED) is 0.473. The molecule has 0 saturated carbocycles. The summed E-state index contributed by atoms with van der Waals surface area (Å²) in [6, 6.07) is 15.4. The number of imidazole rings is 1. The standard InChI is InChI=1S/C21H18N6OS2/c28-20-26-21(15-5-1-14(10-29)2-6-15)17-18(23-11-22-17)24-12-25-19(21)27(20)9-13-3-7-16(30)8-4-13/h1-8,11-12,29-30H,9-10H2,(H,22,23)(H,26,28). The van der Waals surface area contributed by atoms with Crippen LogP contribution in [-0.2, 0) is 17.8 Å². The number of carbonyl (C=O) groups is 1. The van der Waals surface area contributed by atoms with E-state index in [9.17, 15) is 4.79 Å². The van der Waals surface area contributed by atoms with Gasteiger partial charge in [-0.05, 0) is 28.8 Å². The van der Waals surface area contributed by atoms with Crippen LogP contribution in [0.15, 0.2) is 69.7 Å². The van der Waals surface area contributed by atoms with E-state index in [0.717, 1.165) is 21.6 Å². The lowest BCUT2D eigenvalue weighted by atomic mass is 9.85. The zero-order valence-corrected chi connectivity index (χ0v) is 17.6. The van der Waals surface area contributed by atoms with E-state index in [-0.39, 0.29) is 6.03 Å². The molecule has 3 heterocycles. The number of nitrogens with one attached hydrogen (secondary N) is 2. The van der Waals surface area contributed by atoms with Crippen molar-refractivity contribution in [1.29, 1.82) is 0 Å². The number of nitrogens with zero attached hydrogens (tertiary/aromatic N) is 4. The first-order valence-corrected chi connectivity index (χ1v) is 10.4. The molecule has 0 radical (unpaired) electrons. The molecule has 9 heteroatoms. The second-order valence-electron chi connectivity index (χ2n) is 7.08. The van der Waals surface area contributed by atoms with Crippen LogP contribution in [0.25, 0.3) is 0 Å². The monoisotopic (exact) mass is 434 g/mol. The highest BCUT2D eigenvalue weighted by atomic mass is 32.1. The normalized spacial score (nSPS) is 19.7. The average molecular weight is 435 g/mol. The maximum absolute atomic E-state index is 13.2. The highest BCUT2D eigenvalue weighted by Gasteiger charge is 2.54. The van der Waals surface area contributed by atoms with Gasteiger partial charge in [0.05, 0.1) is 12.9 Å². The first-order chi connectivity index (χ1) is 14.6. The Morgan fingerprint density at radius 1 is 1.03 bits per heavy atom. The summed E-state index contributed by atoms with van der Waals surface area (Å²) in [5.41, 5.74) is 2.47. The Morgan fingerprint density at radius 3 is 2.50 bits per heavy atom. The molecule has 1 unspecified atom stereocenters. The van der Waals surface area contributed by atoms with Gasteiger partial charge in [0.15, 0.2) is 17.2 Å². The van der Waals surface area contributed by atoms with E-state index < -0.39 is 5.54 Å². The van der Waals surface area contributed by atoms with Gasteiger partial charge in [-0.2, -0.15) is 12.6 Å². The third-order valence-electron chi connectivity index (χ3n) is 5.32. The Balaban J connectivity index is 1.65. The minimum absolute atomic E-state index is 0.244. The Labute approximate surface area is 184 Å². The van der Waals surface area contributed by atoms with Crippen molar-refractivity contribution in [3.63, 3.8) is 0 Å². The number of hydrogen-bond donors (Lipinski definition) is 4. The number of aromatic nitrogens is 2. The molecule has 2 aliphatic heterocycles. The summed E-state index contributed by atoms with van der Waals surface area (Å²) in [5.74, 6) is 1.73. The minimum atomic E-state index is -1.04. The van der Waals surface area contributed by atoms with Crippen LogP contribution < -0.4 is 5.32 Å². The second kappa shape index (κ2) is 7.33. The van der Waals surface area contributed by atoms with E-state index in [2.05, 4.69) is 50.5 Å². The zero-order valence-electron chi connectivity index (χ0n) is 15.8. The van der Waals surface area contributed by atoms with Crippen LogP contribution in [-0.4, -0.2) is 33.1 Å². The fraction of sp³-hybridized carbons (Fsp3) is 0.143. The summed E-state index contributed by atoms with van der Waals surface area (Å²) < 4.78 is 0. The number of aliphatic imine (C=N–C) groups is 2. The summed E-state index contributed by atoms with van der Waals surface area (Å²) in [5, 5.41) is 3.15. The number of benzene rings is 2. The van der Waals surface area contributed by atoms with Crippen molar-refractivity contribution in [2.24, 2.45) is 9.98 Å². The Kier molecular flexibility index (Phi) is 4.63. The topological polar surface area (TPSA) is 85.7 Å². The first-order valence-electron chi connectivity index (χ1n) is 9.34. The van der Waals surface area contributed by atoms with Gasteiger partial charge in [-0.15, -0.1) is 12.6 Å². The molecule has 1 saturated heterocycles. The van der Waals surface area contributed by atoms with Crippen molar-refractivity contribution < 1.29 is 4.79 Å². The number of hydrogen-bond acceptors (Lipinski definition) is 6. The van der Waals surface area contributed by atoms with E-state index in [0.29, 0.717) is 29.6 Å². The lowest BCUT2D eigenvalue weighted by Crippen LogP contribution is -2.45. The van der Waals surface area contributed by atoms with Crippen molar-refractivity contribution in [2.45, 2.75) is 22.7 Å². The van der Waals surface area contributed by atoms with Crippen LogP contribution in [0.1, 0.15) is 22.4 Å². The molecule has 2 amide bonds. The number of amidine groups is 1. The van der Waals surface area contributed by atoms with Gasteiger partial charge in [0, 0.05) is 10.6 Å². The van der Waals surface area contributed by atoms with Crippen LogP contribution >= 0.6 is 25.3 Å². The fourth-order valence-corrected chi connectivity index (χ4v) is 4.20. The van der Waals surface area contributed by atoms with Crippen molar-refractivity contribution in [3.05, 3.63) is 77.2 Å². The van der Waals surface area contributed by atoms with Crippen LogP contribution in [0.2, 0.25) is 0 Å². The molecule has 1 atom stereocenters. The highest BCUT2D eigenvalue weighted by Crippen LogP contribution is 2.41. The molecular formula is C21H18N6OS2. The van der Waals surface area contributed by atoms with Crippen LogP contribution in [0.5, 0.6) is 0 Å². The van der Waals surface area contributed by atoms with Gasteiger partial charge in [0.1, 0.15) is 12.0 Å². The molecule has 1 fully saturated rings. The van der Waals surface area contributed by atoms with Crippen LogP contribution in [0.4, 0.5) is 10.6 Å². The van der Waals surface area contributed by atoms with Crippen molar-refractivity contribution >= 4 is 49.3 Å². The molecule has 7 nitrogen and oxygen atoms in total. The lowest BCUT2D eigenvalue weighted by Gasteiger charge is -2.28. The molecule has 1 aromatic heterocycles. The zero-order chi connectivity index (χ0) is 20.7. The van der Waals surface area contributed by atoms with Gasteiger partial charge in [0.25, 0.3) is 0 Å². The summed E-state index contributed by atoms with van der Waals surface area (Å²) in [4.78, 5) is 32.2. The molecule has 3 aromatic rings. The van der Waals surface area contributed by atoms with Gasteiger partial charge in [0.2, 0.25) is 0 Å². The number of urea groups is 1. The number of H-pyrrole nitrogens is 1. The predicted molar refractivity (Wildman–Crippen MR) is 122 cm³/mol. The summed E-state index contributed by atoms with van der Waals surface area (Å²) in [6.45, 7) is 0.364. The Bertz CT molecular complexity index is 1170. The number of fused-ring (bicyclic) bond motifs is 3. The van der Waals surface area contributed by atoms with E-state index in [1.54, 1.807) is 11.2 Å². The van der Waals surface area contributed by atoms with Crippen molar-refractivity contribution in [2.75, 3.05) is 0 Å².